The van der Waals surface area contributed by atoms with Crippen LogP contribution >= 0.6 is 0 Å². The van der Waals surface area contributed by atoms with Crippen LogP contribution in [0.5, 0.6) is 0 Å². The molecule has 1 atom stereocenters. The van der Waals surface area contributed by atoms with Crippen LogP contribution in [-0.4, -0.2) is 12.5 Å². The summed E-state index contributed by atoms with van der Waals surface area (Å²) in [5, 5.41) is 2.89. The summed E-state index contributed by atoms with van der Waals surface area (Å²) in [5.74, 6) is 0.628. The van der Waals surface area contributed by atoms with Crippen LogP contribution < -0.4 is 5.32 Å². The molecular formula is C11H19NO. The second-order valence-corrected chi connectivity index (χ2v) is 4.98. The van der Waals surface area contributed by atoms with Gasteiger partial charge in [-0.1, -0.05) is 13.3 Å². The Hall–Kier alpha value is -0.530. The molecule has 1 saturated carbocycles. The van der Waals surface area contributed by atoms with E-state index in [0.717, 1.165) is 19.4 Å². The summed E-state index contributed by atoms with van der Waals surface area (Å²) < 4.78 is 0. The summed E-state index contributed by atoms with van der Waals surface area (Å²) in [4.78, 5) is 11.2. The minimum absolute atomic E-state index is 0.293. The highest BCUT2D eigenvalue weighted by molar-refractivity contribution is 5.80. The largest absolute Gasteiger partial charge is 0.356 e. The van der Waals surface area contributed by atoms with E-state index in [1.54, 1.807) is 0 Å². The van der Waals surface area contributed by atoms with Crippen molar-refractivity contribution in [3.63, 3.8) is 0 Å². The minimum Gasteiger partial charge on any atom is -0.356 e. The van der Waals surface area contributed by atoms with Crippen LogP contribution in [-0.2, 0) is 4.79 Å². The highest BCUT2D eigenvalue weighted by atomic mass is 16.2. The van der Waals surface area contributed by atoms with Crippen molar-refractivity contribution in [2.24, 2.45) is 11.3 Å². The molecule has 74 valence electrons. The van der Waals surface area contributed by atoms with Crippen molar-refractivity contribution in [1.29, 1.82) is 0 Å². The molecule has 13 heavy (non-hydrogen) atoms. The molecule has 1 N–H and O–H groups in total. The average Bonchev–Trinajstić information content (AvgIpc) is 2.68. The Morgan fingerprint density at radius 1 is 1.54 bits per heavy atom. The second kappa shape index (κ2) is 3.32. The molecule has 2 aliphatic rings. The van der Waals surface area contributed by atoms with Crippen LogP contribution in [0.4, 0.5) is 0 Å². The molecule has 0 aromatic carbocycles. The number of amides is 1. The molecule has 1 aliphatic heterocycles. The van der Waals surface area contributed by atoms with Crippen molar-refractivity contribution in [1.82, 2.24) is 5.32 Å². The first kappa shape index (κ1) is 9.04. The highest BCUT2D eigenvalue weighted by Crippen LogP contribution is 2.49. The number of nitrogens with one attached hydrogen (secondary N) is 1. The van der Waals surface area contributed by atoms with Crippen LogP contribution in [0, 0.1) is 11.3 Å². The van der Waals surface area contributed by atoms with Crippen molar-refractivity contribution in [2.75, 3.05) is 6.54 Å². The van der Waals surface area contributed by atoms with Gasteiger partial charge in [0.05, 0.1) is 0 Å². The van der Waals surface area contributed by atoms with Gasteiger partial charge in [-0.3, -0.25) is 4.79 Å². The zero-order chi connectivity index (χ0) is 9.31. The van der Waals surface area contributed by atoms with Gasteiger partial charge in [0.2, 0.25) is 5.91 Å². The number of rotatable bonds is 4. The summed E-state index contributed by atoms with van der Waals surface area (Å²) >= 11 is 0. The van der Waals surface area contributed by atoms with Gasteiger partial charge in [0, 0.05) is 12.5 Å². The Morgan fingerprint density at radius 2 is 2.31 bits per heavy atom. The highest BCUT2D eigenvalue weighted by Gasteiger charge is 2.36. The number of hydrogen-bond donors (Lipinski definition) is 1. The van der Waals surface area contributed by atoms with Gasteiger partial charge in [0.15, 0.2) is 0 Å². The summed E-state index contributed by atoms with van der Waals surface area (Å²) in [7, 11) is 0. The molecule has 0 aromatic heterocycles. The normalized spacial score (nSPS) is 30.2. The molecular weight excluding hydrogens is 162 g/mol. The summed E-state index contributed by atoms with van der Waals surface area (Å²) in [6.45, 7) is 3.27. The third-order valence-corrected chi connectivity index (χ3v) is 3.60. The van der Waals surface area contributed by atoms with Gasteiger partial charge < -0.3 is 5.32 Å². The third-order valence-electron chi connectivity index (χ3n) is 3.60. The van der Waals surface area contributed by atoms with Crippen LogP contribution in [0.3, 0.4) is 0 Å². The monoisotopic (exact) mass is 181 g/mol. The maximum Gasteiger partial charge on any atom is 0.223 e. The van der Waals surface area contributed by atoms with Crippen molar-refractivity contribution in [3.05, 3.63) is 0 Å². The van der Waals surface area contributed by atoms with Gasteiger partial charge >= 0.3 is 0 Å². The van der Waals surface area contributed by atoms with E-state index in [1.807, 2.05) is 0 Å². The molecule has 0 bridgehead atoms. The lowest BCUT2D eigenvalue weighted by molar-refractivity contribution is -0.122. The molecule has 0 radical (unpaired) electrons. The maximum absolute atomic E-state index is 11.2. The van der Waals surface area contributed by atoms with Crippen LogP contribution in [0.25, 0.3) is 0 Å². The molecule has 0 aromatic rings. The van der Waals surface area contributed by atoms with Crippen molar-refractivity contribution in [2.45, 2.75) is 45.4 Å². The van der Waals surface area contributed by atoms with Crippen LogP contribution in [0.15, 0.2) is 0 Å². The number of hydrogen-bond acceptors (Lipinski definition) is 1. The third kappa shape index (κ3) is 2.23. The standard InChI is InChI=1S/C11H19NO/c1-11(6-7-11)5-2-3-9-4-8-12-10(9)13/h9H,2-8H2,1H3,(H,12,13). The van der Waals surface area contributed by atoms with Gasteiger partial charge in [-0.2, -0.15) is 0 Å². The number of carbonyl (C=O) groups is 1. The molecule has 1 aliphatic carbocycles. The van der Waals surface area contributed by atoms with E-state index in [-0.39, 0.29) is 0 Å². The van der Waals surface area contributed by atoms with E-state index >= 15 is 0 Å². The van der Waals surface area contributed by atoms with E-state index in [1.165, 1.54) is 25.7 Å². The zero-order valence-electron chi connectivity index (χ0n) is 8.44. The summed E-state index contributed by atoms with van der Waals surface area (Å²) in [6.07, 6.45) is 7.57. The Labute approximate surface area is 80.1 Å². The van der Waals surface area contributed by atoms with Gasteiger partial charge in [-0.15, -0.1) is 0 Å². The average molecular weight is 181 g/mol. The minimum atomic E-state index is 0.293. The Balaban J connectivity index is 1.64. The Kier molecular flexibility index (Phi) is 2.31. The summed E-state index contributed by atoms with van der Waals surface area (Å²) in [6, 6.07) is 0. The van der Waals surface area contributed by atoms with Crippen LogP contribution in [0.2, 0.25) is 0 Å². The van der Waals surface area contributed by atoms with Crippen molar-refractivity contribution >= 4 is 5.91 Å². The van der Waals surface area contributed by atoms with Crippen molar-refractivity contribution in [3.8, 4) is 0 Å². The lowest BCUT2D eigenvalue weighted by Crippen LogP contribution is -2.19. The van der Waals surface area contributed by atoms with E-state index in [9.17, 15) is 4.79 Å². The molecule has 1 saturated heterocycles. The summed E-state index contributed by atoms with van der Waals surface area (Å²) in [5.41, 5.74) is 0.662. The first-order valence-electron chi connectivity index (χ1n) is 5.47. The smallest absolute Gasteiger partial charge is 0.223 e. The molecule has 2 heteroatoms. The van der Waals surface area contributed by atoms with E-state index in [2.05, 4.69) is 12.2 Å². The fourth-order valence-electron chi connectivity index (χ4n) is 2.16. The molecule has 0 spiro atoms. The molecule has 1 unspecified atom stereocenters. The molecule has 2 fully saturated rings. The van der Waals surface area contributed by atoms with Crippen LogP contribution in [0.1, 0.15) is 45.4 Å². The predicted molar refractivity (Wildman–Crippen MR) is 52.3 cm³/mol. The van der Waals surface area contributed by atoms with E-state index in [0.29, 0.717) is 17.2 Å². The maximum atomic E-state index is 11.2. The number of carbonyl (C=O) groups excluding carboxylic acids is 1. The molecule has 1 amide bonds. The molecule has 1 heterocycles. The molecule has 2 rings (SSSR count). The fraction of sp³-hybridized carbons (Fsp3) is 0.909. The SMILES string of the molecule is CC1(CCCC2CCNC2=O)CC1. The predicted octanol–water partition coefficient (Wildman–Crippen LogP) is 2.09. The lowest BCUT2D eigenvalue weighted by Gasteiger charge is -2.09. The lowest BCUT2D eigenvalue weighted by atomic mass is 9.95. The Bertz CT molecular complexity index is 208. The topological polar surface area (TPSA) is 29.1 Å². The van der Waals surface area contributed by atoms with E-state index in [4.69, 9.17) is 0 Å². The molecule has 2 nitrogen and oxygen atoms in total. The quantitative estimate of drug-likeness (QED) is 0.707. The van der Waals surface area contributed by atoms with Crippen molar-refractivity contribution < 1.29 is 4.79 Å². The van der Waals surface area contributed by atoms with E-state index < -0.39 is 0 Å². The van der Waals surface area contributed by atoms with Gasteiger partial charge in [0.1, 0.15) is 0 Å². The van der Waals surface area contributed by atoms with Gasteiger partial charge in [-0.25, -0.2) is 0 Å². The second-order valence-electron chi connectivity index (χ2n) is 4.98. The fourth-order valence-corrected chi connectivity index (χ4v) is 2.16. The zero-order valence-corrected chi connectivity index (χ0v) is 8.44. The first-order chi connectivity index (χ1) is 6.20. The van der Waals surface area contributed by atoms with Gasteiger partial charge in [-0.05, 0) is 37.5 Å². The first-order valence-corrected chi connectivity index (χ1v) is 5.47. The Morgan fingerprint density at radius 3 is 2.85 bits per heavy atom. The van der Waals surface area contributed by atoms with Gasteiger partial charge in [0.25, 0.3) is 0 Å².